The molecule has 0 saturated carbocycles. The monoisotopic (exact) mass is 491 g/mol. The third kappa shape index (κ3) is 5.22. The van der Waals surface area contributed by atoms with E-state index in [1.807, 2.05) is 91.9 Å². The highest BCUT2D eigenvalue weighted by atomic mass is 15.0. The molecule has 0 unspecified atom stereocenters. The summed E-state index contributed by atoms with van der Waals surface area (Å²) in [6.07, 6.45) is 0.575. The maximum absolute atomic E-state index is 4.85. The molecule has 182 valence electrons. The fourth-order valence-electron chi connectivity index (χ4n) is 4.43. The molecule has 2 aromatic heterocycles. The Hall–Kier alpha value is -5.03. The maximum Gasteiger partial charge on any atom is 0.163 e. The molecule has 5 heteroatoms. The average molecular weight is 492 g/mol. The van der Waals surface area contributed by atoms with Crippen LogP contribution in [0.4, 0.5) is 0 Å². The molecule has 38 heavy (non-hydrogen) atoms. The summed E-state index contributed by atoms with van der Waals surface area (Å²) in [6.45, 7) is 1.93. The summed E-state index contributed by atoms with van der Waals surface area (Å²) in [7, 11) is 0. The Morgan fingerprint density at radius 3 is 1.53 bits per heavy atom. The van der Waals surface area contributed by atoms with E-state index >= 15 is 0 Å². The minimum absolute atomic E-state index is 0.575. The van der Waals surface area contributed by atoms with Gasteiger partial charge in [-0.3, -0.25) is 0 Å². The Morgan fingerprint density at radius 2 is 0.947 bits per heavy atom. The highest BCUT2D eigenvalue weighted by molar-refractivity contribution is 5.68. The number of rotatable bonds is 6. The van der Waals surface area contributed by atoms with Crippen LogP contribution in [0.5, 0.6) is 0 Å². The molecule has 0 fully saturated rings. The summed E-state index contributed by atoms with van der Waals surface area (Å²) < 4.78 is 0. The van der Waals surface area contributed by atoms with E-state index in [0.717, 1.165) is 50.9 Å². The zero-order valence-electron chi connectivity index (χ0n) is 21.0. The first-order valence-corrected chi connectivity index (χ1v) is 12.6. The van der Waals surface area contributed by atoms with Crippen LogP contribution < -0.4 is 0 Å². The maximum atomic E-state index is 4.85. The van der Waals surface area contributed by atoms with Gasteiger partial charge in [-0.05, 0) is 24.6 Å². The first-order valence-electron chi connectivity index (χ1n) is 12.6. The van der Waals surface area contributed by atoms with Crippen LogP contribution in [0.25, 0.3) is 45.3 Å². The van der Waals surface area contributed by atoms with Crippen molar-refractivity contribution in [2.45, 2.75) is 13.3 Å². The van der Waals surface area contributed by atoms with Gasteiger partial charge in [0.2, 0.25) is 0 Å². The van der Waals surface area contributed by atoms with Crippen LogP contribution >= 0.6 is 0 Å². The molecule has 0 aliphatic carbocycles. The number of hydrogen-bond donors (Lipinski definition) is 0. The summed E-state index contributed by atoms with van der Waals surface area (Å²) in [5.74, 6) is 2.80. The third-order valence-corrected chi connectivity index (χ3v) is 6.24. The normalized spacial score (nSPS) is 10.9. The number of aryl methyl sites for hydroxylation is 1. The fourth-order valence-corrected chi connectivity index (χ4v) is 4.43. The standard InChI is InChI=1S/C33H25N5/c1-23-34-29(25-13-5-2-6-14-25)22-30(35-23)28-19-11-12-24(20-28)21-31-36-32(26-15-7-3-8-16-26)38-33(37-31)27-17-9-4-10-18-27/h2-20,22H,21H2,1H3. The lowest BCUT2D eigenvalue weighted by Gasteiger charge is -2.10. The first-order chi connectivity index (χ1) is 18.7. The first kappa shape index (κ1) is 23.4. The van der Waals surface area contributed by atoms with Gasteiger partial charge in [-0.25, -0.2) is 24.9 Å². The van der Waals surface area contributed by atoms with Gasteiger partial charge in [-0.15, -0.1) is 0 Å². The van der Waals surface area contributed by atoms with Crippen molar-refractivity contribution in [3.8, 4) is 45.3 Å². The highest BCUT2D eigenvalue weighted by Crippen LogP contribution is 2.26. The molecule has 0 bridgehead atoms. The van der Waals surface area contributed by atoms with Crippen LogP contribution in [0.15, 0.2) is 121 Å². The second kappa shape index (κ2) is 10.5. The molecule has 4 aromatic carbocycles. The molecule has 5 nitrogen and oxygen atoms in total. The molecule has 0 N–H and O–H groups in total. The van der Waals surface area contributed by atoms with Crippen LogP contribution in [-0.4, -0.2) is 24.9 Å². The van der Waals surface area contributed by atoms with Crippen LogP contribution in [0.3, 0.4) is 0 Å². The van der Waals surface area contributed by atoms with Crippen LogP contribution in [-0.2, 0) is 6.42 Å². The third-order valence-electron chi connectivity index (χ3n) is 6.24. The van der Waals surface area contributed by atoms with Crippen LogP contribution in [0, 0.1) is 6.92 Å². The van der Waals surface area contributed by atoms with Gasteiger partial charge in [0.25, 0.3) is 0 Å². The van der Waals surface area contributed by atoms with Crippen LogP contribution in [0.2, 0.25) is 0 Å². The lowest BCUT2D eigenvalue weighted by Crippen LogP contribution is -2.04. The lowest BCUT2D eigenvalue weighted by molar-refractivity contribution is 0.932. The van der Waals surface area contributed by atoms with Crippen molar-refractivity contribution in [3.63, 3.8) is 0 Å². The molecular weight excluding hydrogens is 466 g/mol. The van der Waals surface area contributed by atoms with Crippen molar-refractivity contribution in [2.24, 2.45) is 0 Å². The van der Waals surface area contributed by atoms with E-state index in [9.17, 15) is 0 Å². The Bertz CT molecular complexity index is 1630. The van der Waals surface area contributed by atoms with Crippen molar-refractivity contribution in [3.05, 3.63) is 139 Å². The van der Waals surface area contributed by atoms with E-state index in [2.05, 4.69) is 41.4 Å². The lowest BCUT2D eigenvalue weighted by atomic mass is 10.0. The van der Waals surface area contributed by atoms with E-state index in [-0.39, 0.29) is 0 Å². The van der Waals surface area contributed by atoms with Crippen molar-refractivity contribution in [1.29, 1.82) is 0 Å². The van der Waals surface area contributed by atoms with E-state index in [4.69, 9.17) is 19.9 Å². The average Bonchev–Trinajstić information content (AvgIpc) is 2.98. The Kier molecular flexibility index (Phi) is 6.48. The van der Waals surface area contributed by atoms with Crippen molar-refractivity contribution in [1.82, 2.24) is 24.9 Å². The van der Waals surface area contributed by atoms with Crippen molar-refractivity contribution < 1.29 is 0 Å². The topological polar surface area (TPSA) is 64.5 Å². The zero-order valence-corrected chi connectivity index (χ0v) is 21.0. The molecule has 0 aliphatic heterocycles. The Labute approximate surface area is 222 Å². The molecule has 2 heterocycles. The zero-order chi connectivity index (χ0) is 25.7. The summed E-state index contributed by atoms with van der Waals surface area (Å²) >= 11 is 0. The smallest absolute Gasteiger partial charge is 0.163 e. The summed E-state index contributed by atoms with van der Waals surface area (Å²) in [4.78, 5) is 23.9. The Balaban J connectivity index is 1.37. The SMILES string of the molecule is Cc1nc(-c2ccccc2)cc(-c2cccc(Cc3nc(-c4ccccc4)nc(-c4ccccc4)n3)c2)n1. The number of hydrogen-bond acceptors (Lipinski definition) is 5. The van der Waals surface area contributed by atoms with Gasteiger partial charge in [0.05, 0.1) is 11.4 Å². The summed E-state index contributed by atoms with van der Waals surface area (Å²) in [5.41, 5.74) is 6.94. The molecule has 6 rings (SSSR count). The number of aromatic nitrogens is 5. The number of benzene rings is 4. The minimum Gasteiger partial charge on any atom is -0.233 e. The highest BCUT2D eigenvalue weighted by Gasteiger charge is 2.12. The second-order valence-corrected chi connectivity index (χ2v) is 9.06. The summed E-state index contributed by atoms with van der Waals surface area (Å²) in [5, 5.41) is 0. The van der Waals surface area contributed by atoms with Gasteiger partial charge < -0.3 is 0 Å². The quantitative estimate of drug-likeness (QED) is 0.246. The van der Waals surface area contributed by atoms with Gasteiger partial charge in [-0.2, -0.15) is 0 Å². The fraction of sp³-hybridized carbons (Fsp3) is 0.0606. The van der Waals surface area contributed by atoms with E-state index in [0.29, 0.717) is 18.1 Å². The van der Waals surface area contributed by atoms with E-state index < -0.39 is 0 Å². The second-order valence-electron chi connectivity index (χ2n) is 9.06. The molecule has 0 spiro atoms. The van der Waals surface area contributed by atoms with Crippen molar-refractivity contribution >= 4 is 0 Å². The molecule has 0 atom stereocenters. The van der Waals surface area contributed by atoms with Gasteiger partial charge in [0.15, 0.2) is 11.6 Å². The molecule has 0 radical (unpaired) electrons. The van der Waals surface area contributed by atoms with E-state index in [1.54, 1.807) is 0 Å². The molecule has 0 aliphatic rings. The van der Waals surface area contributed by atoms with E-state index in [1.165, 1.54) is 0 Å². The largest absolute Gasteiger partial charge is 0.233 e. The van der Waals surface area contributed by atoms with Crippen LogP contribution in [0.1, 0.15) is 17.2 Å². The van der Waals surface area contributed by atoms with Gasteiger partial charge in [-0.1, -0.05) is 109 Å². The van der Waals surface area contributed by atoms with Gasteiger partial charge in [0, 0.05) is 28.7 Å². The number of nitrogens with zero attached hydrogens (tertiary/aromatic N) is 5. The predicted octanol–water partition coefficient (Wildman–Crippen LogP) is 7.23. The predicted molar refractivity (Wildman–Crippen MR) is 151 cm³/mol. The van der Waals surface area contributed by atoms with Gasteiger partial charge >= 0.3 is 0 Å². The molecule has 6 aromatic rings. The van der Waals surface area contributed by atoms with Crippen molar-refractivity contribution in [2.75, 3.05) is 0 Å². The van der Waals surface area contributed by atoms with Gasteiger partial charge in [0.1, 0.15) is 11.6 Å². The molecule has 0 saturated heterocycles. The molecule has 0 amide bonds. The Morgan fingerprint density at radius 1 is 0.447 bits per heavy atom. The molecular formula is C33H25N5. The minimum atomic E-state index is 0.575. The summed E-state index contributed by atoms with van der Waals surface area (Å²) in [6, 6.07) is 40.7.